The normalized spacial score (nSPS) is 22.3. The molecule has 0 saturated carbocycles. The molecule has 0 amide bonds. The number of aliphatic hydroxyl groups excluding tert-OH is 2. The topological polar surface area (TPSA) is 118 Å². The molecule has 0 spiro atoms. The molecule has 2 rings (SSSR count). The summed E-state index contributed by atoms with van der Waals surface area (Å²) in [4.78, 5) is 10.6. The lowest BCUT2D eigenvalue weighted by Gasteiger charge is -2.34. The fourth-order valence-corrected chi connectivity index (χ4v) is 3.72. The molecule has 1 aliphatic carbocycles. The number of hydrogen-bond acceptors (Lipinski definition) is 5. The van der Waals surface area contributed by atoms with Gasteiger partial charge in [0.15, 0.2) is 0 Å². The van der Waals surface area contributed by atoms with Gasteiger partial charge in [0.2, 0.25) is 0 Å². The monoisotopic (exact) mass is 376 g/mol. The van der Waals surface area contributed by atoms with E-state index in [2.05, 4.69) is 6.58 Å². The van der Waals surface area contributed by atoms with Crippen LogP contribution in [-0.2, 0) is 11.2 Å². The van der Waals surface area contributed by atoms with E-state index in [-0.39, 0.29) is 30.4 Å². The van der Waals surface area contributed by atoms with Crippen LogP contribution in [0, 0.1) is 5.92 Å². The molecule has 0 aromatic heterocycles. The zero-order valence-electron chi connectivity index (χ0n) is 15.6. The predicted molar refractivity (Wildman–Crippen MR) is 102 cm³/mol. The number of carboxylic acids is 1. The molecule has 0 saturated heterocycles. The summed E-state index contributed by atoms with van der Waals surface area (Å²) >= 11 is 0. The molecule has 0 heterocycles. The number of allylic oxidation sites excluding steroid dienone is 2. The first-order chi connectivity index (χ1) is 12.7. The van der Waals surface area contributed by atoms with Gasteiger partial charge in [-0.1, -0.05) is 18.2 Å². The lowest BCUT2D eigenvalue weighted by Crippen LogP contribution is -2.28. The Kier molecular flexibility index (Phi) is 7.05. The molecular weight excluding hydrogens is 348 g/mol. The molecule has 0 fully saturated rings. The standard InChI is InChI=1S/C21H28O6/c1-12(2)15-10-17(23)14(11-22)9-16(15)21-18(24)7-13(8-19(21)25)5-3-4-6-20(26)27/h7-9,15-17,22-25H,1,3-6,10-11H2,2H3,(H,26,27)/t15-,16?,17?/m0/s1. The highest BCUT2D eigenvalue weighted by molar-refractivity contribution is 5.66. The molecule has 0 bridgehead atoms. The summed E-state index contributed by atoms with van der Waals surface area (Å²) in [5, 5.41) is 49.4. The number of phenolic OH excluding ortho intramolecular Hbond substituents is 2. The Morgan fingerprint density at radius 2 is 1.85 bits per heavy atom. The lowest BCUT2D eigenvalue weighted by molar-refractivity contribution is -0.137. The van der Waals surface area contributed by atoms with Crippen LogP contribution in [0.4, 0.5) is 0 Å². The fraction of sp³-hybridized carbons (Fsp3) is 0.476. The number of aryl methyl sites for hydroxylation is 1. The third-order valence-corrected chi connectivity index (χ3v) is 5.18. The van der Waals surface area contributed by atoms with E-state index in [0.29, 0.717) is 36.8 Å². The number of aliphatic carboxylic acids is 1. The van der Waals surface area contributed by atoms with Crippen LogP contribution in [-0.4, -0.2) is 44.2 Å². The number of unbranched alkanes of at least 4 members (excludes halogenated alkanes) is 1. The quantitative estimate of drug-likeness (QED) is 0.352. The summed E-state index contributed by atoms with van der Waals surface area (Å²) in [6.45, 7) is 5.52. The van der Waals surface area contributed by atoms with E-state index >= 15 is 0 Å². The minimum Gasteiger partial charge on any atom is -0.507 e. The molecule has 1 aliphatic rings. The fourth-order valence-electron chi connectivity index (χ4n) is 3.72. The number of aromatic hydroxyl groups is 2. The summed E-state index contributed by atoms with van der Waals surface area (Å²) in [5.74, 6) is -1.51. The maximum atomic E-state index is 10.6. The van der Waals surface area contributed by atoms with E-state index in [9.17, 15) is 25.2 Å². The average molecular weight is 376 g/mol. The van der Waals surface area contributed by atoms with Gasteiger partial charge >= 0.3 is 5.97 Å². The zero-order valence-corrected chi connectivity index (χ0v) is 15.6. The van der Waals surface area contributed by atoms with Gasteiger partial charge in [-0.05, 0) is 61.8 Å². The van der Waals surface area contributed by atoms with Crippen molar-refractivity contribution in [3.63, 3.8) is 0 Å². The largest absolute Gasteiger partial charge is 0.507 e. The first kappa shape index (κ1) is 21.0. The Balaban J connectivity index is 2.29. The van der Waals surface area contributed by atoms with Crippen LogP contribution in [0.2, 0.25) is 0 Å². The summed E-state index contributed by atoms with van der Waals surface area (Å²) in [5.41, 5.74) is 2.38. The summed E-state index contributed by atoms with van der Waals surface area (Å²) in [7, 11) is 0. The summed E-state index contributed by atoms with van der Waals surface area (Å²) < 4.78 is 0. The predicted octanol–water partition coefficient (Wildman–Crippen LogP) is 2.85. The van der Waals surface area contributed by atoms with E-state index < -0.39 is 18.0 Å². The maximum Gasteiger partial charge on any atom is 0.303 e. The second-order valence-electron chi connectivity index (χ2n) is 7.28. The van der Waals surface area contributed by atoms with Gasteiger partial charge in [0.05, 0.1) is 12.7 Å². The highest BCUT2D eigenvalue weighted by Crippen LogP contribution is 2.46. The van der Waals surface area contributed by atoms with Gasteiger partial charge in [-0.15, -0.1) is 0 Å². The van der Waals surface area contributed by atoms with Crippen LogP contribution < -0.4 is 0 Å². The second-order valence-corrected chi connectivity index (χ2v) is 7.28. The summed E-state index contributed by atoms with van der Waals surface area (Å²) in [6.07, 6.45) is 3.11. The van der Waals surface area contributed by atoms with E-state index in [4.69, 9.17) is 5.11 Å². The maximum absolute atomic E-state index is 10.6. The van der Waals surface area contributed by atoms with E-state index in [1.54, 1.807) is 18.2 Å². The highest BCUT2D eigenvalue weighted by Gasteiger charge is 2.34. The lowest BCUT2D eigenvalue weighted by atomic mass is 9.72. The SMILES string of the molecule is C=C(C)[C@@H]1CC(O)C(CO)=CC1c1c(O)cc(CCCCC(=O)O)cc1O. The van der Waals surface area contributed by atoms with Crippen molar-refractivity contribution in [2.45, 2.75) is 51.0 Å². The Morgan fingerprint density at radius 1 is 1.22 bits per heavy atom. The van der Waals surface area contributed by atoms with Crippen molar-refractivity contribution < 1.29 is 30.3 Å². The molecule has 1 aromatic carbocycles. The third kappa shape index (κ3) is 5.11. The highest BCUT2D eigenvalue weighted by atomic mass is 16.4. The minimum absolute atomic E-state index is 0.0515. The average Bonchev–Trinajstić information content (AvgIpc) is 2.58. The number of carbonyl (C=O) groups is 1. The van der Waals surface area contributed by atoms with Crippen LogP contribution in [0.1, 0.15) is 49.7 Å². The molecular formula is C21H28O6. The van der Waals surface area contributed by atoms with Gasteiger partial charge in [-0.3, -0.25) is 4.79 Å². The number of rotatable bonds is 8. The smallest absolute Gasteiger partial charge is 0.303 e. The second kappa shape index (κ2) is 9.06. The molecule has 0 aliphatic heterocycles. The van der Waals surface area contributed by atoms with E-state index in [0.717, 1.165) is 11.1 Å². The van der Waals surface area contributed by atoms with Crippen molar-refractivity contribution in [2.24, 2.45) is 5.92 Å². The first-order valence-corrected chi connectivity index (χ1v) is 9.16. The van der Waals surface area contributed by atoms with Gasteiger partial charge in [0.25, 0.3) is 0 Å². The Hall–Kier alpha value is -2.31. The molecule has 0 radical (unpaired) electrons. The van der Waals surface area contributed by atoms with Crippen molar-refractivity contribution in [3.05, 3.63) is 47.1 Å². The summed E-state index contributed by atoms with van der Waals surface area (Å²) in [6, 6.07) is 3.17. The number of benzene rings is 1. The molecule has 5 N–H and O–H groups in total. The molecule has 2 unspecified atom stereocenters. The molecule has 6 nitrogen and oxygen atoms in total. The van der Waals surface area contributed by atoms with Gasteiger partial charge in [0.1, 0.15) is 11.5 Å². The van der Waals surface area contributed by atoms with Crippen molar-refractivity contribution >= 4 is 5.97 Å². The third-order valence-electron chi connectivity index (χ3n) is 5.18. The number of carboxylic acid groups (broad SMARTS) is 1. The minimum atomic E-state index is -0.840. The molecule has 27 heavy (non-hydrogen) atoms. The van der Waals surface area contributed by atoms with Gasteiger partial charge in [0, 0.05) is 17.9 Å². The molecule has 6 heteroatoms. The van der Waals surface area contributed by atoms with Gasteiger partial charge < -0.3 is 25.5 Å². The Bertz CT molecular complexity index is 713. The van der Waals surface area contributed by atoms with Gasteiger partial charge in [-0.2, -0.15) is 0 Å². The number of aliphatic hydroxyl groups is 2. The van der Waals surface area contributed by atoms with Crippen LogP contribution in [0.15, 0.2) is 35.9 Å². The molecule has 3 atom stereocenters. The number of phenols is 2. The van der Waals surface area contributed by atoms with Crippen molar-refractivity contribution in [1.82, 2.24) is 0 Å². The van der Waals surface area contributed by atoms with Crippen LogP contribution in [0.25, 0.3) is 0 Å². The van der Waals surface area contributed by atoms with E-state index in [1.807, 2.05) is 6.92 Å². The van der Waals surface area contributed by atoms with Crippen molar-refractivity contribution in [1.29, 1.82) is 0 Å². The molecule has 1 aromatic rings. The van der Waals surface area contributed by atoms with Crippen molar-refractivity contribution in [2.75, 3.05) is 6.61 Å². The Labute approximate surface area is 159 Å². The van der Waals surface area contributed by atoms with Crippen LogP contribution >= 0.6 is 0 Å². The van der Waals surface area contributed by atoms with Crippen molar-refractivity contribution in [3.8, 4) is 11.5 Å². The van der Waals surface area contributed by atoms with E-state index in [1.165, 1.54) is 0 Å². The van der Waals surface area contributed by atoms with Gasteiger partial charge in [-0.25, -0.2) is 0 Å². The number of hydrogen-bond donors (Lipinski definition) is 5. The van der Waals surface area contributed by atoms with Crippen LogP contribution in [0.5, 0.6) is 11.5 Å². The van der Waals surface area contributed by atoms with Crippen LogP contribution in [0.3, 0.4) is 0 Å². The first-order valence-electron chi connectivity index (χ1n) is 9.16. The Morgan fingerprint density at radius 3 is 2.37 bits per heavy atom. The zero-order chi connectivity index (χ0) is 20.1. The molecule has 148 valence electrons.